The molecule has 0 radical (unpaired) electrons. The van der Waals surface area contributed by atoms with Gasteiger partial charge >= 0.3 is 0 Å². The molecule has 0 amide bonds. The molecular formula is C35H30IrN4-5. The second-order valence-corrected chi connectivity index (χ2v) is 8.59. The van der Waals surface area contributed by atoms with Crippen molar-refractivity contribution >= 4 is 0 Å². The largest absolute Gasteiger partial charge is 3.00 e. The van der Waals surface area contributed by atoms with Crippen molar-refractivity contribution < 1.29 is 20.1 Å². The summed E-state index contributed by atoms with van der Waals surface area (Å²) in [7, 11) is 0. The van der Waals surface area contributed by atoms with Gasteiger partial charge in [0.2, 0.25) is 0 Å². The van der Waals surface area contributed by atoms with E-state index in [9.17, 15) is 0 Å². The molecule has 6 rings (SSSR count). The Morgan fingerprint density at radius 1 is 0.375 bits per heavy atom. The van der Waals surface area contributed by atoms with E-state index in [1.807, 2.05) is 122 Å². The molecule has 0 N–H and O–H groups in total. The van der Waals surface area contributed by atoms with Crippen LogP contribution in [0.3, 0.4) is 0 Å². The third kappa shape index (κ3) is 11.6. The van der Waals surface area contributed by atoms with E-state index >= 15 is 0 Å². The summed E-state index contributed by atoms with van der Waals surface area (Å²) in [6.07, 6.45) is 9.78. The maximum Gasteiger partial charge on any atom is 0.0463 e. The zero-order chi connectivity index (χ0) is 26.8. The van der Waals surface area contributed by atoms with Crippen molar-refractivity contribution in [1.29, 1.82) is 0 Å². The first-order valence-corrected chi connectivity index (χ1v) is 12.9. The van der Waals surface area contributed by atoms with E-state index in [0.29, 0.717) is 0 Å². The maximum atomic E-state index is 4.25. The number of hydrogen-bond donors (Lipinski definition) is 0. The first-order chi connectivity index (χ1) is 19.3. The standard InChI is InChI=1S/2C12H10N.C11H10N2.Ir/c2*1-2-6-11(7-3-1)10-12-8-4-5-9-13-12;1-3-7-12-10(5-1)9-11-6-2-4-8-13-11;/h2*1-6,8-9H,10H2;1-8H,9H2;/q2*-1;;-3. The van der Waals surface area contributed by atoms with Crippen LogP contribution in [-0.4, -0.2) is 19.9 Å². The molecule has 0 saturated heterocycles. The molecule has 40 heavy (non-hydrogen) atoms. The van der Waals surface area contributed by atoms with E-state index in [1.54, 1.807) is 12.4 Å². The van der Waals surface area contributed by atoms with Gasteiger partial charge in [0.05, 0.1) is 0 Å². The van der Waals surface area contributed by atoms with E-state index in [1.165, 1.54) is 11.1 Å². The third-order valence-corrected chi connectivity index (χ3v) is 5.56. The Morgan fingerprint density at radius 3 is 0.975 bits per heavy atom. The number of nitrogens with zero attached hydrogens (tertiary/aromatic N) is 4. The zero-order valence-electron chi connectivity index (χ0n) is 22.1. The minimum atomic E-state index is 0. The second kappa shape index (κ2) is 18.1. The number of rotatable bonds is 6. The Balaban J connectivity index is 0.000000163. The smallest absolute Gasteiger partial charge is 0.0463 e. The summed E-state index contributed by atoms with van der Waals surface area (Å²) in [5.74, 6) is 0. The van der Waals surface area contributed by atoms with Gasteiger partial charge in [-0.25, -0.2) is 0 Å². The van der Waals surface area contributed by atoms with Crippen molar-refractivity contribution in [2.24, 2.45) is 0 Å². The van der Waals surface area contributed by atoms with Gasteiger partial charge in [-0.3, -0.25) is 19.9 Å². The fourth-order valence-electron chi connectivity index (χ4n) is 3.67. The van der Waals surface area contributed by atoms with Crippen LogP contribution in [0, 0.1) is 12.1 Å². The van der Waals surface area contributed by atoms with E-state index in [2.05, 4.69) is 44.2 Å². The van der Waals surface area contributed by atoms with E-state index in [4.69, 9.17) is 0 Å². The summed E-state index contributed by atoms with van der Waals surface area (Å²) in [5, 5.41) is 0. The summed E-state index contributed by atoms with van der Waals surface area (Å²) in [5.41, 5.74) is 6.65. The fraction of sp³-hybridized carbons (Fsp3) is 0.0857. The first kappa shape index (κ1) is 30.2. The molecule has 4 heterocycles. The molecule has 2 aromatic carbocycles. The summed E-state index contributed by atoms with van der Waals surface area (Å²) in [4.78, 5) is 17.0. The van der Waals surface area contributed by atoms with Gasteiger partial charge in [0.25, 0.3) is 0 Å². The van der Waals surface area contributed by atoms with E-state index in [-0.39, 0.29) is 20.1 Å². The fourth-order valence-corrected chi connectivity index (χ4v) is 3.67. The van der Waals surface area contributed by atoms with Crippen LogP contribution in [0.2, 0.25) is 0 Å². The second-order valence-electron chi connectivity index (χ2n) is 8.59. The Morgan fingerprint density at radius 2 is 0.700 bits per heavy atom. The van der Waals surface area contributed by atoms with Crippen LogP contribution in [0.15, 0.2) is 146 Å². The number of benzene rings is 2. The van der Waals surface area contributed by atoms with E-state index in [0.717, 1.165) is 42.0 Å². The monoisotopic (exact) mass is 699 g/mol. The van der Waals surface area contributed by atoms with E-state index < -0.39 is 0 Å². The van der Waals surface area contributed by atoms with Crippen molar-refractivity contribution in [3.63, 3.8) is 0 Å². The SMILES string of the molecule is [Ir-3].[c-]1ccccc1Cc1ccccn1.[c-]1ccccc1Cc1ccccn1.c1ccc(Cc2ccccn2)nc1. The normalized spacial score (nSPS) is 9.60. The number of hydrogen-bond acceptors (Lipinski definition) is 4. The molecule has 0 bridgehead atoms. The van der Waals surface area contributed by atoms with Crippen molar-refractivity contribution in [1.82, 2.24) is 19.9 Å². The quantitative estimate of drug-likeness (QED) is 0.176. The average molecular weight is 699 g/mol. The van der Waals surface area contributed by atoms with Crippen molar-refractivity contribution in [2.45, 2.75) is 19.3 Å². The summed E-state index contributed by atoms with van der Waals surface area (Å²) in [6.45, 7) is 0. The van der Waals surface area contributed by atoms with Gasteiger partial charge in [0, 0.05) is 54.0 Å². The molecule has 0 fully saturated rings. The Hall–Kier alpha value is -4.31. The minimum Gasteiger partial charge on any atom is -3.00 e. The molecule has 6 aromatic rings. The molecule has 204 valence electrons. The number of aromatic nitrogens is 4. The molecule has 0 saturated carbocycles. The van der Waals surface area contributed by atoms with Gasteiger partial charge in [-0.15, -0.1) is 0 Å². The van der Waals surface area contributed by atoms with Gasteiger partial charge in [-0.2, -0.15) is 71.8 Å². The van der Waals surface area contributed by atoms with Gasteiger partial charge in [-0.1, -0.05) is 24.3 Å². The maximum absolute atomic E-state index is 4.25. The molecule has 4 aromatic heterocycles. The van der Waals surface area contributed by atoms with Gasteiger partial charge in [0.15, 0.2) is 0 Å². The molecule has 0 aliphatic rings. The van der Waals surface area contributed by atoms with Crippen LogP contribution in [0.1, 0.15) is 33.9 Å². The van der Waals surface area contributed by atoms with Crippen molar-refractivity contribution in [3.05, 3.63) is 192 Å². The zero-order valence-corrected chi connectivity index (χ0v) is 24.5. The van der Waals surface area contributed by atoms with Crippen LogP contribution >= 0.6 is 0 Å². The van der Waals surface area contributed by atoms with Crippen LogP contribution < -0.4 is 0 Å². The predicted octanol–water partition coefficient (Wildman–Crippen LogP) is 7.01. The average Bonchev–Trinajstić information content (AvgIpc) is 3.01. The minimum absolute atomic E-state index is 0. The Labute approximate surface area is 250 Å². The van der Waals surface area contributed by atoms with Gasteiger partial charge in [0.1, 0.15) is 0 Å². The third-order valence-electron chi connectivity index (χ3n) is 5.56. The molecule has 0 unspecified atom stereocenters. The molecule has 0 aliphatic heterocycles. The molecular weight excluding hydrogens is 669 g/mol. The van der Waals surface area contributed by atoms with Crippen molar-refractivity contribution in [3.8, 4) is 0 Å². The molecule has 0 aliphatic carbocycles. The van der Waals surface area contributed by atoms with Crippen molar-refractivity contribution in [2.75, 3.05) is 0 Å². The summed E-state index contributed by atoms with van der Waals surface area (Å²) in [6, 6.07) is 46.1. The topological polar surface area (TPSA) is 51.6 Å². The summed E-state index contributed by atoms with van der Waals surface area (Å²) < 4.78 is 0. The number of pyridine rings is 4. The molecule has 0 atom stereocenters. The molecule has 5 heteroatoms. The molecule has 4 nitrogen and oxygen atoms in total. The Kier molecular flexibility index (Phi) is 13.7. The Bertz CT molecular complexity index is 1140. The summed E-state index contributed by atoms with van der Waals surface area (Å²) >= 11 is 0. The molecule has 0 spiro atoms. The van der Waals surface area contributed by atoms with Gasteiger partial charge < -0.3 is 20.1 Å². The van der Waals surface area contributed by atoms with Gasteiger partial charge in [-0.05, 0) is 61.4 Å². The van der Waals surface area contributed by atoms with Crippen LogP contribution in [0.25, 0.3) is 0 Å². The van der Waals surface area contributed by atoms with Crippen LogP contribution in [0.5, 0.6) is 0 Å². The van der Waals surface area contributed by atoms with Crippen LogP contribution in [0.4, 0.5) is 0 Å². The first-order valence-electron chi connectivity index (χ1n) is 12.9. The van der Waals surface area contributed by atoms with Crippen LogP contribution in [-0.2, 0) is 39.4 Å². The predicted molar refractivity (Wildman–Crippen MR) is 156 cm³/mol.